The van der Waals surface area contributed by atoms with Crippen molar-refractivity contribution in [2.45, 2.75) is 39.2 Å². The lowest BCUT2D eigenvalue weighted by molar-refractivity contribution is 0.176. The molecule has 0 spiro atoms. The number of ether oxygens (including phenoxy) is 2. The minimum atomic E-state index is 0.414. The summed E-state index contributed by atoms with van der Waals surface area (Å²) in [4.78, 5) is 15.7. The van der Waals surface area contributed by atoms with Crippen LogP contribution in [0.25, 0.3) is 11.2 Å². The van der Waals surface area contributed by atoms with Crippen LogP contribution >= 0.6 is 0 Å². The van der Waals surface area contributed by atoms with E-state index in [1.54, 1.807) is 13.3 Å². The molecule has 0 bridgehead atoms. The smallest absolute Gasteiger partial charge is 0.318 e. The molecule has 3 rings (SSSR count). The molecular formula is C16H25N5O2. The molecule has 7 nitrogen and oxygen atoms in total. The number of hydrogen-bond acceptors (Lipinski definition) is 6. The summed E-state index contributed by atoms with van der Waals surface area (Å²) < 4.78 is 13.0. The quantitative estimate of drug-likeness (QED) is 0.660. The second-order valence-electron chi connectivity index (χ2n) is 5.86. The molecule has 2 aromatic rings. The second kappa shape index (κ2) is 7.59. The molecule has 3 heterocycles. The number of rotatable bonds is 9. The fourth-order valence-corrected chi connectivity index (χ4v) is 2.67. The molecule has 23 heavy (non-hydrogen) atoms. The van der Waals surface area contributed by atoms with Crippen LogP contribution in [-0.4, -0.2) is 57.8 Å². The average Bonchev–Trinajstić information content (AvgIpc) is 2.87. The van der Waals surface area contributed by atoms with Gasteiger partial charge in [-0.25, -0.2) is 4.98 Å². The van der Waals surface area contributed by atoms with Crippen molar-refractivity contribution in [2.24, 2.45) is 0 Å². The Hall–Kier alpha value is -1.89. The predicted octanol–water partition coefficient (Wildman–Crippen LogP) is 2.11. The van der Waals surface area contributed by atoms with Gasteiger partial charge in [0.15, 0.2) is 5.65 Å². The standard InChI is InChI=1S/C16H25N5O2/c1-3-4-11-23-15-17-12-13-14(19-15)21(16(18-13)22-2)10-6-9-20-7-5-8-20/h12H,3-11H2,1-2H3. The van der Waals surface area contributed by atoms with Crippen LogP contribution in [0.3, 0.4) is 0 Å². The summed E-state index contributed by atoms with van der Waals surface area (Å²) >= 11 is 0. The molecule has 1 fully saturated rings. The molecule has 1 aliphatic rings. The maximum absolute atomic E-state index is 5.61. The van der Waals surface area contributed by atoms with Gasteiger partial charge in [0, 0.05) is 6.54 Å². The fraction of sp³-hybridized carbons (Fsp3) is 0.688. The highest BCUT2D eigenvalue weighted by Gasteiger charge is 2.16. The third-order valence-electron chi connectivity index (χ3n) is 4.15. The first kappa shape index (κ1) is 16.0. The van der Waals surface area contributed by atoms with Gasteiger partial charge >= 0.3 is 6.01 Å². The van der Waals surface area contributed by atoms with Gasteiger partial charge in [-0.3, -0.25) is 4.57 Å². The number of unbranched alkanes of at least 4 members (excludes halogenated alkanes) is 1. The number of imidazole rings is 1. The first-order valence-electron chi connectivity index (χ1n) is 8.44. The van der Waals surface area contributed by atoms with Crippen LogP contribution < -0.4 is 9.47 Å². The molecule has 1 saturated heterocycles. The molecule has 0 aliphatic carbocycles. The van der Waals surface area contributed by atoms with E-state index in [0.29, 0.717) is 18.6 Å². The molecule has 0 aromatic carbocycles. The topological polar surface area (TPSA) is 65.3 Å². The van der Waals surface area contributed by atoms with E-state index < -0.39 is 0 Å². The number of aryl methyl sites for hydroxylation is 1. The maximum Gasteiger partial charge on any atom is 0.318 e. The summed E-state index contributed by atoms with van der Waals surface area (Å²) in [7, 11) is 1.64. The molecule has 0 unspecified atom stereocenters. The van der Waals surface area contributed by atoms with Crippen LogP contribution in [0.5, 0.6) is 12.0 Å². The Bertz CT molecular complexity index is 639. The van der Waals surface area contributed by atoms with Crippen molar-refractivity contribution >= 4 is 11.2 Å². The van der Waals surface area contributed by atoms with Crippen molar-refractivity contribution in [1.82, 2.24) is 24.4 Å². The van der Waals surface area contributed by atoms with Crippen LogP contribution in [0.2, 0.25) is 0 Å². The first-order chi connectivity index (χ1) is 11.3. The summed E-state index contributed by atoms with van der Waals surface area (Å²) in [6.07, 6.45) is 6.17. The Labute approximate surface area is 136 Å². The van der Waals surface area contributed by atoms with Crippen molar-refractivity contribution in [3.63, 3.8) is 0 Å². The summed E-state index contributed by atoms with van der Waals surface area (Å²) in [6.45, 7) is 7.15. The van der Waals surface area contributed by atoms with Crippen molar-refractivity contribution in [3.05, 3.63) is 6.20 Å². The number of methoxy groups -OCH3 is 1. The van der Waals surface area contributed by atoms with E-state index in [1.807, 2.05) is 4.57 Å². The lowest BCUT2D eigenvalue weighted by Gasteiger charge is -2.30. The van der Waals surface area contributed by atoms with Crippen LogP contribution in [0.4, 0.5) is 0 Å². The molecule has 2 aromatic heterocycles. The second-order valence-corrected chi connectivity index (χ2v) is 5.86. The molecule has 0 radical (unpaired) electrons. The van der Waals surface area contributed by atoms with Crippen LogP contribution in [0.1, 0.15) is 32.6 Å². The Morgan fingerprint density at radius 1 is 1.17 bits per heavy atom. The molecule has 1 aliphatic heterocycles. The van der Waals surface area contributed by atoms with Gasteiger partial charge in [-0.1, -0.05) is 13.3 Å². The van der Waals surface area contributed by atoms with Crippen LogP contribution in [-0.2, 0) is 6.54 Å². The van der Waals surface area contributed by atoms with E-state index in [1.165, 1.54) is 19.5 Å². The Morgan fingerprint density at radius 3 is 2.74 bits per heavy atom. The van der Waals surface area contributed by atoms with Gasteiger partial charge < -0.3 is 14.4 Å². The number of fused-ring (bicyclic) bond motifs is 1. The SMILES string of the molecule is CCCCOc1ncc2nc(OC)n(CCCN3CCC3)c2n1. The number of hydrogen-bond donors (Lipinski definition) is 0. The zero-order valence-electron chi connectivity index (χ0n) is 14.0. The van der Waals surface area contributed by atoms with E-state index in [9.17, 15) is 0 Å². The summed E-state index contributed by atoms with van der Waals surface area (Å²) in [5.41, 5.74) is 1.53. The normalized spacial score (nSPS) is 14.9. The lowest BCUT2D eigenvalue weighted by atomic mass is 10.2. The molecule has 0 atom stereocenters. The fourth-order valence-electron chi connectivity index (χ4n) is 2.67. The van der Waals surface area contributed by atoms with Gasteiger partial charge in [-0.2, -0.15) is 9.97 Å². The van der Waals surface area contributed by atoms with E-state index >= 15 is 0 Å². The van der Waals surface area contributed by atoms with Gasteiger partial charge in [0.05, 0.1) is 19.9 Å². The largest absolute Gasteiger partial charge is 0.468 e. The van der Waals surface area contributed by atoms with Crippen molar-refractivity contribution in [1.29, 1.82) is 0 Å². The van der Waals surface area contributed by atoms with Crippen molar-refractivity contribution in [3.8, 4) is 12.0 Å². The number of aromatic nitrogens is 4. The number of nitrogens with zero attached hydrogens (tertiary/aromatic N) is 5. The highest BCUT2D eigenvalue weighted by Crippen LogP contribution is 2.21. The summed E-state index contributed by atoms with van der Waals surface area (Å²) in [5.74, 6) is 0. The van der Waals surface area contributed by atoms with Gasteiger partial charge in [0.1, 0.15) is 5.52 Å². The maximum atomic E-state index is 5.61. The van der Waals surface area contributed by atoms with Gasteiger partial charge in [0.25, 0.3) is 6.01 Å². The average molecular weight is 319 g/mol. The van der Waals surface area contributed by atoms with E-state index in [2.05, 4.69) is 26.8 Å². The predicted molar refractivity (Wildman–Crippen MR) is 88.0 cm³/mol. The minimum Gasteiger partial charge on any atom is -0.468 e. The summed E-state index contributed by atoms with van der Waals surface area (Å²) in [5, 5.41) is 0. The van der Waals surface area contributed by atoms with Gasteiger partial charge in [-0.05, 0) is 38.9 Å². The summed E-state index contributed by atoms with van der Waals surface area (Å²) in [6, 6.07) is 1.00. The Balaban J connectivity index is 1.73. The molecular weight excluding hydrogens is 294 g/mol. The Kier molecular flexibility index (Phi) is 5.27. The van der Waals surface area contributed by atoms with Gasteiger partial charge in [-0.15, -0.1) is 0 Å². The first-order valence-corrected chi connectivity index (χ1v) is 8.44. The third-order valence-corrected chi connectivity index (χ3v) is 4.15. The number of likely N-dealkylation sites (tertiary alicyclic amines) is 1. The minimum absolute atomic E-state index is 0.414. The monoisotopic (exact) mass is 319 g/mol. The van der Waals surface area contributed by atoms with Crippen molar-refractivity contribution < 1.29 is 9.47 Å². The highest BCUT2D eigenvalue weighted by molar-refractivity contribution is 5.71. The molecule has 126 valence electrons. The highest BCUT2D eigenvalue weighted by atomic mass is 16.5. The molecule has 7 heteroatoms. The molecule has 0 N–H and O–H groups in total. The third kappa shape index (κ3) is 3.72. The molecule has 0 saturated carbocycles. The van der Waals surface area contributed by atoms with Gasteiger partial charge in [0.2, 0.25) is 0 Å². The zero-order chi connectivity index (χ0) is 16.1. The van der Waals surface area contributed by atoms with Crippen LogP contribution in [0, 0.1) is 0 Å². The zero-order valence-corrected chi connectivity index (χ0v) is 14.0. The molecule has 0 amide bonds. The van der Waals surface area contributed by atoms with E-state index in [-0.39, 0.29) is 0 Å². The van der Waals surface area contributed by atoms with E-state index in [0.717, 1.165) is 43.5 Å². The van der Waals surface area contributed by atoms with Crippen molar-refractivity contribution in [2.75, 3.05) is 33.4 Å². The van der Waals surface area contributed by atoms with E-state index in [4.69, 9.17) is 9.47 Å². The Morgan fingerprint density at radius 2 is 2.04 bits per heavy atom. The van der Waals surface area contributed by atoms with Crippen LogP contribution in [0.15, 0.2) is 6.20 Å². The lowest BCUT2D eigenvalue weighted by Crippen LogP contribution is -2.38.